The Kier molecular flexibility index (Phi) is 4.75. The molecule has 1 aromatic carbocycles. The second kappa shape index (κ2) is 6.94. The van der Waals surface area contributed by atoms with Crippen LogP contribution >= 0.6 is 11.6 Å². The van der Waals surface area contributed by atoms with Gasteiger partial charge in [-0.3, -0.25) is 9.48 Å². The number of benzene rings is 1. The van der Waals surface area contributed by atoms with Crippen LogP contribution in [0, 0.1) is 0 Å². The van der Waals surface area contributed by atoms with E-state index in [-0.39, 0.29) is 11.9 Å². The molecule has 2 N–H and O–H groups in total. The topological polar surface area (TPSA) is 59.0 Å². The van der Waals surface area contributed by atoms with Gasteiger partial charge in [0.2, 0.25) is 5.91 Å². The second-order valence-electron chi connectivity index (χ2n) is 5.43. The molecule has 1 unspecified atom stereocenters. The summed E-state index contributed by atoms with van der Waals surface area (Å²) < 4.78 is 1.68. The Morgan fingerprint density at radius 3 is 3.14 bits per heavy atom. The van der Waals surface area contributed by atoms with Gasteiger partial charge in [0.25, 0.3) is 0 Å². The van der Waals surface area contributed by atoms with E-state index in [1.807, 2.05) is 6.07 Å². The van der Waals surface area contributed by atoms with Crippen LogP contribution in [0.15, 0.2) is 36.7 Å². The Bertz CT molecular complexity index is 655. The van der Waals surface area contributed by atoms with Crippen LogP contribution in [0.3, 0.4) is 0 Å². The van der Waals surface area contributed by atoms with Crippen LogP contribution in [-0.4, -0.2) is 28.8 Å². The van der Waals surface area contributed by atoms with Gasteiger partial charge in [0.05, 0.1) is 11.2 Å². The average molecular weight is 319 g/mol. The summed E-state index contributed by atoms with van der Waals surface area (Å²) in [5, 5.41) is 11.1. The van der Waals surface area contributed by atoms with Crippen LogP contribution in [0.1, 0.15) is 23.6 Å². The molecule has 22 heavy (non-hydrogen) atoms. The van der Waals surface area contributed by atoms with Gasteiger partial charge in [-0.05, 0) is 24.1 Å². The quantitative estimate of drug-likeness (QED) is 0.885. The van der Waals surface area contributed by atoms with E-state index >= 15 is 0 Å². The molecule has 1 aliphatic heterocycles. The number of aromatic nitrogens is 2. The maximum Gasteiger partial charge on any atom is 0.221 e. The number of hydrogen-bond acceptors (Lipinski definition) is 3. The average Bonchev–Trinajstić information content (AvgIpc) is 2.96. The summed E-state index contributed by atoms with van der Waals surface area (Å²) in [4.78, 5) is 12.0. The highest BCUT2D eigenvalue weighted by atomic mass is 35.5. The maximum absolute atomic E-state index is 12.0. The van der Waals surface area contributed by atoms with E-state index in [0.717, 1.165) is 13.0 Å². The molecule has 3 rings (SSSR count). The molecule has 116 valence electrons. The number of nitrogens with one attached hydrogen (secondary N) is 2. The van der Waals surface area contributed by atoms with E-state index in [0.29, 0.717) is 24.5 Å². The van der Waals surface area contributed by atoms with Gasteiger partial charge in [-0.2, -0.15) is 5.10 Å². The molecule has 1 amide bonds. The highest BCUT2D eigenvalue weighted by Gasteiger charge is 2.19. The molecule has 1 aromatic heterocycles. The summed E-state index contributed by atoms with van der Waals surface area (Å²) >= 11 is 5.79. The number of halogens is 1. The van der Waals surface area contributed by atoms with Gasteiger partial charge in [-0.15, -0.1) is 0 Å². The summed E-state index contributed by atoms with van der Waals surface area (Å²) in [6.07, 6.45) is 4.73. The number of hydrogen-bond donors (Lipinski definition) is 2. The van der Waals surface area contributed by atoms with E-state index in [1.54, 1.807) is 17.1 Å². The number of carbonyl (C=O) groups excluding carboxylic acids is 1. The monoisotopic (exact) mass is 318 g/mol. The number of carbonyl (C=O) groups is 1. The van der Waals surface area contributed by atoms with Crippen LogP contribution in [0.4, 0.5) is 0 Å². The highest BCUT2D eigenvalue weighted by molar-refractivity contribution is 6.30. The molecule has 6 heteroatoms. The first kappa shape index (κ1) is 15.1. The van der Waals surface area contributed by atoms with E-state index in [9.17, 15) is 4.79 Å². The summed E-state index contributed by atoms with van der Waals surface area (Å²) in [6, 6.07) is 8.58. The zero-order chi connectivity index (χ0) is 15.4. The molecule has 0 saturated heterocycles. The molecule has 0 bridgehead atoms. The van der Waals surface area contributed by atoms with E-state index in [1.165, 1.54) is 11.1 Å². The third-order valence-corrected chi connectivity index (χ3v) is 4.08. The Hall–Kier alpha value is -1.85. The van der Waals surface area contributed by atoms with E-state index < -0.39 is 0 Å². The minimum Gasteiger partial charge on any atom is -0.354 e. The molecule has 1 atom stereocenters. The Labute approximate surface area is 134 Å². The van der Waals surface area contributed by atoms with Gasteiger partial charge in [0.15, 0.2) is 0 Å². The number of rotatable bonds is 5. The van der Waals surface area contributed by atoms with Crippen molar-refractivity contribution in [3.8, 4) is 0 Å². The fourth-order valence-corrected chi connectivity index (χ4v) is 2.91. The SMILES string of the molecule is O=C(CCn1cc(Cl)cn1)NCC1NCCc2ccccc21. The zero-order valence-electron chi connectivity index (χ0n) is 12.3. The van der Waals surface area contributed by atoms with Gasteiger partial charge in [0.1, 0.15) is 0 Å². The number of aryl methyl sites for hydroxylation is 1. The van der Waals surface area contributed by atoms with Crippen molar-refractivity contribution in [2.24, 2.45) is 0 Å². The molecule has 0 spiro atoms. The third-order valence-electron chi connectivity index (χ3n) is 3.89. The molecular formula is C16H19ClN4O. The van der Waals surface area contributed by atoms with Crippen molar-refractivity contribution in [1.82, 2.24) is 20.4 Å². The molecule has 0 fully saturated rings. The van der Waals surface area contributed by atoms with Crippen LogP contribution in [-0.2, 0) is 17.8 Å². The molecule has 1 aliphatic rings. The van der Waals surface area contributed by atoms with Crippen LogP contribution in [0.5, 0.6) is 0 Å². The maximum atomic E-state index is 12.0. The molecule has 0 saturated carbocycles. The van der Waals surface area contributed by atoms with Crippen molar-refractivity contribution in [2.45, 2.75) is 25.4 Å². The smallest absolute Gasteiger partial charge is 0.221 e. The first-order valence-corrected chi connectivity index (χ1v) is 7.86. The van der Waals surface area contributed by atoms with Crippen molar-refractivity contribution in [2.75, 3.05) is 13.1 Å². The summed E-state index contributed by atoms with van der Waals surface area (Å²) in [7, 11) is 0. The molecule has 5 nitrogen and oxygen atoms in total. The lowest BCUT2D eigenvalue weighted by molar-refractivity contribution is -0.121. The molecule has 2 aromatic rings. The van der Waals surface area contributed by atoms with Gasteiger partial charge in [0, 0.05) is 31.7 Å². The fourth-order valence-electron chi connectivity index (χ4n) is 2.76. The molecule has 0 radical (unpaired) electrons. The standard InChI is InChI=1S/C16H19ClN4O/c17-13-9-20-21(11-13)8-6-16(22)19-10-15-14-4-2-1-3-12(14)5-7-18-15/h1-4,9,11,15,18H,5-8,10H2,(H,19,22). The van der Waals surface area contributed by atoms with Crippen LogP contribution in [0.2, 0.25) is 5.02 Å². The Balaban J connectivity index is 1.49. The van der Waals surface area contributed by atoms with Crippen molar-refractivity contribution in [3.05, 3.63) is 52.8 Å². The van der Waals surface area contributed by atoms with Crippen LogP contribution in [0.25, 0.3) is 0 Å². The van der Waals surface area contributed by atoms with Crippen LogP contribution < -0.4 is 10.6 Å². The predicted molar refractivity (Wildman–Crippen MR) is 85.8 cm³/mol. The van der Waals surface area contributed by atoms with Crippen molar-refractivity contribution in [3.63, 3.8) is 0 Å². The largest absolute Gasteiger partial charge is 0.354 e. The molecular weight excluding hydrogens is 300 g/mol. The summed E-state index contributed by atoms with van der Waals surface area (Å²) in [6.45, 7) is 2.09. The Morgan fingerprint density at radius 2 is 2.32 bits per heavy atom. The van der Waals surface area contributed by atoms with E-state index in [4.69, 9.17) is 11.6 Å². The minimum absolute atomic E-state index is 0.0245. The predicted octanol–water partition coefficient (Wildman–Crippen LogP) is 1.93. The molecule has 2 heterocycles. The van der Waals surface area contributed by atoms with Crippen molar-refractivity contribution >= 4 is 17.5 Å². The first-order valence-electron chi connectivity index (χ1n) is 7.48. The molecule has 0 aliphatic carbocycles. The number of nitrogens with zero attached hydrogens (tertiary/aromatic N) is 2. The summed E-state index contributed by atoms with van der Waals surface area (Å²) in [5.41, 5.74) is 2.65. The number of fused-ring (bicyclic) bond motifs is 1. The van der Waals surface area contributed by atoms with Gasteiger partial charge < -0.3 is 10.6 Å². The van der Waals surface area contributed by atoms with Gasteiger partial charge >= 0.3 is 0 Å². The Morgan fingerprint density at radius 1 is 1.45 bits per heavy atom. The van der Waals surface area contributed by atoms with E-state index in [2.05, 4.69) is 33.9 Å². The number of amides is 1. The zero-order valence-corrected chi connectivity index (χ0v) is 13.0. The fraction of sp³-hybridized carbons (Fsp3) is 0.375. The lowest BCUT2D eigenvalue weighted by Gasteiger charge is -2.27. The third kappa shape index (κ3) is 3.67. The van der Waals surface area contributed by atoms with Crippen molar-refractivity contribution < 1.29 is 4.79 Å². The minimum atomic E-state index is 0.0245. The lowest BCUT2D eigenvalue weighted by Crippen LogP contribution is -2.39. The van der Waals surface area contributed by atoms with Crippen molar-refractivity contribution in [1.29, 1.82) is 0 Å². The lowest BCUT2D eigenvalue weighted by atomic mass is 9.94. The highest BCUT2D eigenvalue weighted by Crippen LogP contribution is 2.21. The normalized spacial score (nSPS) is 17.0. The van der Waals surface area contributed by atoms with Gasteiger partial charge in [-0.1, -0.05) is 35.9 Å². The first-order chi connectivity index (χ1) is 10.7. The summed E-state index contributed by atoms with van der Waals surface area (Å²) in [5.74, 6) is 0.0245. The second-order valence-corrected chi connectivity index (χ2v) is 5.87. The van der Waals surface area contributed by atoms with Gasteiger partial charge in [-0.25, -0.2) is 0 Å².